The predicted octanol–water partition coefficient (Wildman–Crippen LogP) is 3.61. The first-order valence-electron chi connectivity index (χ1n) is 7.49. The van der Waals surface area contributed by atoms with E-state index >= 15 is 0 Å². The number of hydrogen-bond acceptors (Lipinski definition) is 4. The molecule has 0 aliphatic heterocycles. The molecule has 1 heterocycles. The van der Waals surface area contributed by atoms with Crippen molar-refractivity contribution in [3.63, 3.8) is 0 Å². The molecule has 0 atom stereocenters. The summed E-state index contributed by atoms with van der Waals surface area (Å²) in [4.78, 5) is 9.14. The minimum absolute atomic E-state index is 0.196. The van der Waals surface area contributed by atoms with Gasteiger partial charge in [0.05, 0.1) is 0 Å². The highest BCUT2D eigenvalue weighted by molar-refractivity contribution is 5.48. The normalized spacial score (nSPS) is 18.1. The van der Waals surface area contributed by atoms with E-state index in [0.717, 1.165) is 30.3 Å². The summed E-state index contributed by atoms with van der Waals surface area (Å²) in [6, 6.07) is 2.01. The molecule has 1 aromatic heterocycles. The Morgan fingerprint density at radius 3 is 2.47 bits per heavy atom. The Hall–Kier alpha value is -1.32. The van der Waals surface area contributed by atoms with Gasteiger partial charge < -0.3 is 10.6 Å². The first kappa shape index (κ1) is 14.1. The first-order valence-corrected chi connectivity index (χ1v) is 7.49. The van der Waals surface area contributed by atoms with Crippen molar-refractivity contribution in [1.82, 2.24) is 9.97 Å². The molecule has 106 valence electrons. The van der Waals surface area contributed by atoms with Crippen molar-refractivity contribution in [2.45, 2.75) is 64.3 Å². The fourth-order valence-electron chi connectivity index (χ4n) is 2.79. The van der Waals surface area contributed by atoms with Crippen molar-refractivity contribution in [1.29, 1.82) is 0 Å². The van der Waals surface area contributed by atoms with Gasteiger partial charge in [0, 0.05) is 25.1 Å². The van der Waals surface area contributed by atoms with Crippen LogP contribution in [-0.2, 0) is 6.42 Å². The Labute approximate surface area is 116 Å². The minimum Gasteiger partial charge on any atom is -0.373 e. The van der Waals surface area contributed by atoms with Gasteiger partial charge in [-0.05, 0) is 26.2 Å². The summed E-state index contributed by atoms with van der Waals surface area (Å²) in [7, 11) is 1.91. The van der Waals surface area contributed by atoms with Crippen LogP contribution >= 0.6 is 0 Å². The molecule has 4 nitrogen and oxygen atoms in total. The highest BCUT2D eigenvalue weighted by atomic mass is 15.1. The molecule has 0 spiro atoms. The molecule has 1 aliphatic carbocycles. The fraction of sp³-hybridized carbons (Fsp3) is 0.733. The molecule has 0 amide bonds. The largest absolute Gasteiger partial charge is 0.373 e. The third-order valence-electron chi connectivity index (χ3n) is 3.89. The molecule has 19 heavy (non-hydrogen) atoms. The van der Waals surface area contributed by atoms with E-state index in [-0.39, 0.29) is 5.54 Å². The Bertz CT molecular complexity index is 411. The zero-order valence-corrected chi connectivity index (χ0v) is 12.4. The van der Waals surface area contributed by atoms with Crippen molar-refractivity contribution in [2.24, 2.45) is 0 Å². The molecule has 4 heteroatoms. The second-order valence-corrected chi connectivity index (χ2v) is 5.80. The number of anilines is 2. The van der Waals surface area contributed by atoms with Crippen molar-refractivity contribution in [3.05, 3.63) is 11.9 Å². The number of rotatable bonds is 5. The maximum atomic E-state index is 4.65. The molecule has 1 aliphatic rings. The average Bonchev–Trinajstić information content (AvgIpc) is 2.39. The van der Waals surface area contributed by atoms with E-state index in [0.29, 0.717) is 0 Å². The maximum absolute atomic E-state index is 4.65. The van der Waals surface area contributed by atoms with E-state index in [1.165, 1.54) is 32.1 Å². The van der Waals surface area contributed by atoms with Crippen molar-refractivity contribution in [3.8, 4) is 0 Å². The SMILES string of the molecule is CCCc1nc(NC)cc(NC2(C)CCCCC2)n1. The van der Waals surface area contributed by atoms with Crippen LogP contribution in [-0.4, -0.2) is 22.6 Å². The zero-order chi connectivity index (χ0) is 13.7. The maximum Gasteiger partial charge on any atom is 0.133 e. The van der Waals surface area contributed by atoms with E-state index in [1.54, 1.807) is 0 Å². The van der Waals surface area contributed by atoms with Gasteiger partial charge in [0.15, 0.2) is 0 Å². The van der Waals surface area contributed by atoms with Crippen LogP contribution in [0.5, 0.6) is 0 Å². The van der Waals surface area contributed by atoms with Gasteiger partial charge in [-0.15, -0.1) is 0 Å². The van der Waals surface area contributed by atoms with E-state index < -0.39 is 0 Å². The standard InChI is InChI=1S/C15H26N4/c1-4-8-12-17-13(16-3)11-14(18-12)19-15(2)9-6-5-7-10-15/h11H,4-10H2,1-3H3,(H2,16,17,18,19). The van der Waals surface area contributed by atoms with Crippen LogP contribution in [0.4, 0.5) is 11.6 Å². The molecule has 1 saturated carbocycles. The van der Waals surface area contributed by atoms with Gasteiger partial charge in [0.2, 0.25) is 0 Å². The monoisotopic (exact) mass is 262 g/mol. The molecule has 1 aromatic rings. The second kappa shape index (κ2) is 6.22. The zero-order valence-electron chi connectivity index (χ0n) is 12.4. The van der Waals surface area contributed by atoms with Crippen molar-refractivity contribution < 1.29 is 0 Å². The lowest BCUT2D eigenvalue weighted by Crippen LogP contribution is -2.37. The van der Waals surface area contributed by atoms with Crippen LogP contribution in [0.1, 0.15) is 58.2 Å². The Morgan fingerprint density at radius 2 is 1.84 bits per heavy atom. The number of nitrogens with zero attached hydrogens (tertiary/aromatic N) is 2. The summed E-state index contributed by atoms with van der Waals surface area (Å²) in [6.45, 7) is 4.47. The Kier molecular flexibility index (Phi) is 4.61. The van der Waals surface area contributed by atoms with Crippen LogP contribution in [0.15, 0.2) is 6.07 Å². The third kappa shape index (κ3) is 3.82. The summed E-state index contributed by atoms with van der Waals surface area (Å²) in [6.07, 6.45) is 8.46. The van der Waals surface area contributed by atoms with Gasteiger partial charge in [0.1, 0.15) is 17.5 Å². The van der Waals surface area contributed by atoms with Gasteiger partial charge in [-0.25, -0.2) is 9.97 Å². The van der Waals surface area contributed by atoms with E-state index in [1.807, 2.05) is 13.1 Å². The van der Waals surface area contributed by atoms with Gasteiger partial charge in [-0.3, -0.25) is 0 Å². The van der Waals surface area contributed by atoms with Crippen molar-refractivity contribution >= 4 is 11.6 Å². The molecule has 0 saturated heterocycles. The first-order chi connectivity index (χ1) is 9.15. The van der Waals surface area contributed by atoms with Gasteiger partial charge in [0.25, 0.3) is 0 Å². The van der Waals surface area contributed by atoms with E-state index in [4.69, 9.17) is 0 Å². The summed E-state index contributed by atoms with van der Waals surface area (Å²) >= 11 is 0. The molecule has 0 aromatic carbocycles. The van der Waals surface area contributed by atoms with Gasteiger partial charge in [-0.1, -0.05) is 26.2 Å². The van der Waals surface area contributed by atoms with E-state index in [2.05, 4.69) is 34.4 Å². The lowest BCUT2D eigenvalue weighted by molar-refractivity contribution is 0.348. The molecule has 0 unspecified atom stereocenters. The highest BCUT2D eigenvalue weighted by Gasteiger charge is 2.27. The van der Waals surface area contributed by atoms with Crippen LogP contribution < -0.4 is 10.6 Å². The Morgan fingerprint density at radius 1 is 1.16 bits per heavy atom. The number of hydrogen-bond donors (Lipinski definition) is 2. The Balaban J connectivity index is 2.16. The fourth-order valence-corrected chi connectivity index (χ4v) is 2.79. The summed E-state index contributed by atoms with van der Waals surface area (Å²) < 4.78 is 0. The lowest BCUT2D eigenvalue weighted by atomic mass is 9.83. The summed E-state index contributed by atoms with van der Waals surface area (Å²) in [5.74, 6) is 2.80. The van der Waals surface area contributed by atoms with Crippen LogP contribution in [0, 0.1) is 0 Å². The van der Waals surface area contributed by atoms with E-state index in [9.17, 15) is 0 Å². The molecule has 1 fully saturated rings. The van der Waals surface area contributed by atoms with Crippen LogP contribution in [0.3, 0.4) is 0 Å². The van der Waals surface area contributed by atoms with Crippen LogP contribution in [0.2, 0.25) is 0 Å². The van der Waals surface area contributed by atoms with Crippen molar-refractivity contribution in [2.75, 3.05) is 17.7 Å². The predicted molar refractivity (Wildman–Crippen MR) is 80.7 cm³/mol. The molecule has 2 N–H and O–H groups in total. The molecular weight excluding hydrogens is 236 g/mol. The molecule has 2 rings (SSSR count). The summed E-state index contributed by atoms with van der Waals surface area (Å²) in [5, 5.41) is 6.76. The van der Waals surface area contributed by atoms with Gasteiger partial charge >= 0.3 is 0 Å². The minimum atomic E-state index is 0.196. The second-order valence-electron chi connectivity index (χ2n) is 5.80. The lowest BCUT2D eigenvalue weighted by Gasteiger charge is -2.35. The number of aryl methyl sites for hydroxylation is 1. The molecule has 0 radical (unpaired) electrons. The molecule has 0 bridgehead atoms. The number of nitrogens with one attached hydrogen (secondary N) is 2. The number of aromatic nitrogens is 2. The smallest absolute Gasteiger partial charge is 0.133 e. The third-order valence-corrected chi connectivity index (χ3v) is 3.89. The summed E-state index contributed by atoms with van der Waals surface area (Å²) in [5.41, 5.74) is 0.196. The average molecular weight is 262 g/mol. The topological polar surface area (TPSA) is 49.8 Å². The van der Waals surface area contributed by atoms with Gasteiger partial charge in [-0.2, -0.15) is 0 Å². The van der Waals surface area contributed by atoms with Crippen LogP contribution in [0.25, 0.3) is 0 Å². The molecular formula is C15H26N4. The quantitative estimate of drug-likeness (QED) is 0.851. The highest BCUT2D eigenvalue weighted by Crippen LogP contribution is 2.31.